The van der Waals surface area contributed by atoms with Gasteiger partial charge in [0.15, 0.2) is 5.58 Å². The molecule has 25 heavy (non-hydrogen) atoms. The Kier molecular flexibility index (Phi) is 3.77. The molecule has 0 aliphatic heterocycles. The molecule has 0 spiro atoms. The fourth-order valence-electron chi connectivity index (χ4n) is 2.20. The number of hydrogen-bond acceptors (Lipinski definition) is 2. The number of alkyl halides is 6. The molecule has 0 atom stereocenters. The van der Waals surface area contributed by atoms with Crippen LogP contribution in [0, 0.1) is 0 Å². The fourth-order valence-corrected chi connectivity index (χ4v) is 2.20. The molecule has 0 unspecified atom stereocenters. The molecule has 3 aromatic rings. The predicted octanol–water partition coefficient (Wildman–Crippen LogP) is 5.05. The van der Waals surface area contributed by atoms with Crippen molar-refractivity contribution in [2.75, 3.05) is 5.32 Å². The van der Waals surface area contributed by atoms with Crippen molar-refractivity contribution in [3.63, 3.8) is 0 Å². The summed E-state index contributed by atoms with van der Waals surface area (Å²) in [6.45, 7) is 0. The molecule has 132 valence electrons. The molecule has 0 radical (unpaired) electrons. The summed E-state index contributed by atoms with van der Waals surface area (Å²) in [5.74, 6) is -0.904. The maximum atomic E-state index is 12.8. The van der Waals surface area contributed by atoms with Gasteiger partial charge in [-0.2, -0.15) is 26.3 Å². The fraction of sp³-hybridized carbons (Fsp3) is 0.133. The van der Waals surface area contributed by atoms with Crippen molar-refractivity contribution in [3.05, 3.63) is 53.4 Å². The standard InChI is InChI=1S/C15H8F6N2O2/c16-14(17,18)7-3-8(15(19,20)21)5-9(4-7)22-13(24)11-6-12-10(23-11)1-2-25-12/h1-6,23H,(H,22,24). The summed E-state index contributed by atoms with van der Waals surface area (Å²) < 4.78 is 81.8. The zero-order chi connectivity index (χ0) is 18.4. The number of rotatable bonds is 2. The van der Waals surface area contributed by atoms with E-state index in [2.05, 4.69) is 4.98 Å². The Labute approximate surface area is 135 Å². The summed E-state index contributed by atoms with van der Waals surface area (Å²) in [7, 11) is 0. The highest BCUT2D eigenvalue weighted by atomic mass is 19.4. The van der Waals surface area contributed by atoms with Crippen molar-refractivity contribution in [2.24, 2.45) is 0 Å². The SMILES string of the molecule is O=C(Nc1cc(C(F)(F)F)cc(C(F)(F)F)c1)c1cc2occc2[nH]1. The third-order valence-corrected chi connectivity index (χ3v) is 3.33. The van der Waals surface area contributed by atoms with Gasteiger partial charge in [-0.05, 0) is 18.2 Å². The quantitative estimate of drug-likeness (QED) is 0.627. The van der Waals surface area contributed by atoms with E-state index in [0.29, 0.717) is 23.2 Å². The van der Waals surface area contributed by atoms with Gasteiger partial charge in [0.05, 0.1) is 22.9 Å². The van der Waals surface area contributed by atoms with Crippen LogP contribution in [0.3, 0.4) is 0 Å². The van der Waals surface area contributed by atoms with Crippen LogP contribution in [0.15, 0.2) is 41.0 Å². The number of H-pyrrole nitrogens is 1. The smallest absolute Gasteiger partial charge is 0.416 e. The van der Waals surface area contributed by atoms with Crippen LogP contribution in [0.1, 0.15) is 21.6 Å². The van der Waals surface area contributed by atoms with E-state index in [0.717, 1.165) is 0 Å². The van der Waals surface area contributed by atoms with Gasteiger partial charge in [0.1, 0.15) is 5.69 Å². The number of anilines is 1. The summed E-state index contributed by atoms with van der Waals surface area (Å²) in [5, 5.41) is 2.02. The summed E-state index contributed by atoms with van der Waals surface area (Å²) in [6, 6.07) is 3.64. The predicted molar refractivity (Wildman–Crippen MR) is 75.0 cm³/mol. The number of nitrogens with one attached hydrogen (secondary N) is 2. The third-order valence-electron chi connectivity index (χ3n) is 3.33. The van der Waals surface area contributed by atoms with Gasteiger partial charge < -0.3 is 14.7 Å². The molecule has 1 amide bonds. The molecule has 10 heteroatoms. The Bertz CT molecular complexity index is 875. The van der Waals surface area contributed by atoms with Crippen LogP contribution in [-0.2, 0) is 12.4 Å². The number of furan rings is 1. The average molecular weight is 362 g/mol. The summed E-state index contributed by atoms with van der Waals surface area (Å²) in [4.78, 5) is 14.7. The van der Waals surface area contributed by atoms with E-state index in [4.69, 9.17) is 4.42 Å². The van der Waals surface area contributed by atoms with Crippen molar-refractivity contribution in [1.29, 1.82) is 0 Å². The van der Waals surface area contributed by atoms with Gasteiger partial charge in [0, 0.05) is 17.8 Å². The molecule has 0 saturated carbocycles. The lowest BCUT2D eigenvalue weighted by Gasteiger charge is -2.14. The van der Waals surface area contributed by atoms with Crippen LogP contribution in [0.5, 0.6) is 0 Å². The molecule has 2 heterocycles. The number of fused-ring (bicyclic) bond motifs is 1. The van der Waals surface area contributed by atoms with Crippen molar-refractivity contribution in [1.82, 2.24) is 4.98 Å². The lowest BCUT2D eigenvalue weighted by Crippen LogP contribution is -2.16. The van der Waals surface area contributed by atoms with Gasteiger partial charge in [0.2, 0.25) is 0 Å². The first-order chi connectivity index (χ1) is 11.5. The number of aromatic nitrogens is 1. The Morgan fingerprint density at radius 3 is 2.08 bits per heavy atom. The number of hydrogen-bond donors (Lipinski definition) is 2. The van der Waals surface area contributed by atoms with Gasteiger partial charge >= 0.3 is 12.4 Å². The zero-order valence-electron chi connectivity index (χ0n) is 12.0. The first kappa shape index (κ1) is 16.9. The Hall–Kier alpha value is -2.91. The molecule has 1 aromatic carbocycles. The van der Waals surface area contributed by atoms with E-state index in [1.165, 1.54) is 18.4 Å². The maximum absolute atomic E-state index is 12.8. The second kappa shape index (κ2) is 5.57. The first-order valence-corrected chi connectivity index (χ1v) is 6.71. The Morgan fingerprint density at radius 2 is 1.56 bits per heavy atom. The normalized spacial score (nSPS) is 12.6. The van der Waals surface area contributed by atoms with E-state index in [1.54, 1.807) is 0 Å². The van der Waals surface area contributed by atoms with Crippen LogP contribution >= 0.6 is 0 Å². The number of carbonyl (C=O) groups excluding carboxylic acids is 1. The van der Waals surface area contributed by atoms with Crippen LogP contribution < -0.4 is 5.32 Å². The molecule has 0 saturated heterocycles. The molecule has 4 nitrogen and oxygen atoms in total. The molecule has 2 aromatic heterocycles. The van der Waals surface area contributed by atoms with Crippen LogP contribution in [-0.4, -0.2) is 10.9 Å². The van der Waals surface area contributed by atoms with Crippen LogP contribution in [0.25, 0.3) is 11.1 Å². The highest BCUT2D eigenvalue weighted by molar-refractivity contribution is 6.05. The molecule has 0 bridgehead atoms. The van der Waals surface area contributed by atoms with Gasteiger partial charge in [-0.3, -0.25) is 4.79 Å². The molecule has 0 aliphatic carbocycles. The second-order valence-corrected chi connectivity index (χ2v) is 5.13. The minimum atomic E-state index is -4.99. The number of halogens is 6. The van der Waals surface area contributed by atoms with Crippen LogP contribution in [0.4, 0.5) is 32.0 Å². The van der Waals surface area contributed by atoms with E-state index in [9.17, 15) is 31.1 Å². The monoisotopic (exact) mass is 362 g/mol. The van der Waals surface area contributed by atoms with Crippen molar-refractivity contribution >= 4 is 22.7 Å². The summed E-state index contributed by atoms with van der Waals surface area (Å²) in [5.41, 5.74) is -2.94. The second-order valence-electron chi connectivity index (χ2n) is 5.13. The Morgan fingerprint density at radius 1 is 0.960 bits per heavy atom. The molecule has 3 rings (SSSR count). The van der Waals surface area contributed by atoms with Crippen LogP contribution in [0.2, 0.25) is 0 Å². The number of carbonyl (C=O) groups is 1. The third kappa shape index (κ3) is 3.47. The highest BCUT2D eigenvalue weighted by Gasteiger charge is 2.37. The Balaban J connectivity index is 1.95. The molecular weight excluding hydrogens is 354 g/mol. The van der Waals surface area contributed by atoms with Gasteiger partial charge in [-0.1, -0.05) is 0 Å². The minimum Gasteiger partial charge on any atom is -0.463 e. The zero-order valence-corrected chi connectivity index (χ0v) is 12.0. The maximum Gasteiger partial charge on any atom is 0.416 e. The first-order valence-electron chi connectivity index (χ1n) is 6.71. The lowest BCUT2D eigenvalue weighted by atomic mass is 10.1. The van der Waals surface area contributed by atoms with E-state index < -0.39 is 35.1 Å². The summed E-state index contributed by atoms with van der Waals surface area (Å²) in [6.07, 6.45) is -8.63. The number of aromatic amines is 1. The molecule has 2 N–H and O–H groups in total. The highest BCUT2D eigenvalue weighted by Crippen LogP contribution is 2.37. The molecule has 0 fully saturated rings. The topological polar surface area (TPSA) is 58.0 Å². The van der Waals surface area contributed by atoms with Gasteiger partial charge in [-0.25, -0.2) is 0 Å². The van der Waals surface area contributed by atoms with Crippen molar-refractivity contribution < 1.29 is 35.6 Å². The van der Waals surface area contributed by atoms with E-state index >= 15 is 0 Å². The largest absolute Gasteiger partial charge is 0.463 e. The molecule has 0 aliphatic rings. The van der Waals surface area contributed by atoms with E-state index in [1.807, 2.05) is 5.32 Å². The van der Waals surface area contributed by atoms with Crippen molar-refractivity contribution in [2.45, 2.75) is 12.4 Å². The van der Waals surface area contributed by atoms with Gasteiger partial charge in [-0.15, -0.1) is 0 Å². The summed E-state index contributed by atoms with van der Waals surface area (Å²) >= 11 is 0. The van der Waals surface area contributed by atoms with Gasteiger partial charge in [0.25, 0.3) is 5.91 Å². The van der Waals surface area contributed by atoms with E-state index in [-0.39, 0.29) is 11.8 Å². The number of amides is 1. The molecular formula is C15H8F6N2O2. The van der Waals surface area contributed by atoms with Crippen molar-refractivity contribution in [3.8, 4) is 0 Å². The average Bonchev–Trinajstić information content (AvgIpc) is 3.06. The lowest BCUT2D eigenvalue weighted by molar-refractivity contribution is -0.143. The minimum absolute atomic E-state index is 0.0164. The number of benzene rings is 1.